The highest BCUT2D eigenvalue weighted by Crippen LogP contribution is 2.43. The second-order valence-electron chi connectivity index (χ2n) is 10.7. The van der Waals surface area contributed by atoms with Crippen LogP contribution in [0.15, 0.2) is 42.5 Å². The van der Waals surface area contributed by atoms with Crippen LogP contribution in [-0.4, -0.2) is 111 Å². The van der Waals surface area contributed by atoms with Crippen molar-refractivity contribution in [3.8, 4) is 40.2 Å². The average molecular weight is 679 g/mol. The van der Waals surface area contributed by atoms with E-state index in [9.17, 15) is 30.6 Å². The highest BCUT2D eigenvalue weighted by atomic mass is 16.6. The van der Waals surface area contributed by atoms with Gasteiger partial charge >= 0.3 is 0 Å². The van der Waals surface area contributed by atoms with Gasteiger partial charge in [-0.15, -0.1) is 0 Å². The lowest BCUT2D eigenvalue weighted by Gasteiger charge is -2.27. The molecule has 0 saturated heterocycles. The summed E-state index contributed by atoms with van der Waals surface area (Å²) in [7, 11) is 8.47. The highest BCUT2D eigenvalue weighted by molar-refractivity contribution is 5.55. The van der Waals surface area contributed by atoms with Crippen LogP contribution in [0.5, 0.6) is 40.2 Å². The number of aryl methyl sites for hydroxylation is 1. The fraction of sp³-hybridized carbons (Fsp3) is 0.471. The van der Waals surface area contributed by atoms with E-state index in [-0.39, 0.29) is 34.3 Å². The molecule has 3 aromatic carbocycles. The first-order valence-electron chi connectivity index (χ1n) is 14.9. The second kappa shape index (κ2) is 17.9. The van der Waals surface area contributed by atoms with E-state index >= 15 is 0 Å². The van der Waals surface area contributed by atoms with Crippen molar-refractivity contribution in [2.24, 2.45) is 0 Å². The lowest BCUT2D eigenvalue weighted by Crippen LogP contribution is -2.30. The van der Waals surface area contributed by atoms with Gasteiger partial charge in [-0.3, -0.25) is 0 Å². The minimum Gasteiger partial charge on any atom is -0.493 e. The molecule has 6 N–H and O–H groups in total. The molecule has 0 radical (unpaired) electrons. The van der Waals surface area contributed by atoms with Crippen LogP contribution < -0.4 is 33.2 Å². The molecule has 0 aliphatic rings. The number of ether oxygens (including phenoxy) is 8. The molecule has 14 heteroatoms. The Labute approximate surface area is 279 Å². The summed E-state index contributed by atoms with van der Waals surface area (Å²) in [5.74, 6) is 1.50. The minimum absolute atomic E-state index is 0.0424. The highest BCUT2D eigenvalue weighted by Gasteiger charge is 2.31. The van der Waals surface area contributed by atoms with Crippen molar-refractivity contribution in [1.82, 2.24) is 0 Å². The van der Waals surface area contributed by atoms with Gasteiger partial charge in [0, 0.05) is 7.11 Å². The number of hydrogen-bond donors (Lipinski definition) is 6. The summed E-state index contributed by atoms with van der Waals surface area (Å²) in [6.07, 6.45) is -7.15. The molecular formula is C34H46O14. The zero-order chi connectivity index (χ0) is 35.5. The van der Waals surface area contributed by atoms with E-state index in [1.54, 1.807) is 25.1 Å². The number of aliphatic hydroxyl groups excluding tert-OH is 6. The standard InChI is InChI=1S/C34H46O14/c1-18-10-20(12-24(42-3)33(18)46-7)31(39)29(17-37)48-34-25(43-4)13-21(14-26(34)44-5)32(40)28(16-36)47-22-9-8-19(11-23(22)41-2)30(38)27(15-35)45-6/h8-14,27-32,35-40H,15-17H2,1-7H3. The van der Waals surface area contributed by atoms with Crippen LogP contribution >= 0.6 is 0 Å². The van der Waals surface area contributed by atoms with Crippen LogP contribution in [0.3, 0.4) is 0 Å². The van der Waals surface area contributed by atoms with Crippen molar-refractivity contribution in [3.63, 3.8) is 0 Å². The molecule has 0 fully saturated rings. The summed E-state index contributed by atoms with van der Waals surface area (Å²) in [5.41, 5.74) is 1.72. The van der Waals surface area contributed by atoms with Crippen LogP contribution in [-0.2, 0) is 4.74 Å². The Hall–Kier alpha value is -4.02. The zero-order valence-electron chi connectivity index (χ0n) is 28.1. The molecule has 0 bridgehead atoms. The number of methoxy groups -OCH3 is 6. The molecule has 0 amide bonds. The van der Waals surface area contributed by atoms with E-state index in [1.807, 2.05) is 0 Å². The molecule has 0 aliphatic carbocycles. The van der Waals surface area contributed by atoms with Crippen LogP contribution in [0.4, 0.5) is 0 Å². The molecule has 6 atom stereocenters. The Morgan fingerprint density at radius 3 is 1.38 bits per heavy atom. The Balaban J connectivity index is 1.91. The Morgan fingerprint density at radius 1 is 0.479 bits per heavy atom. The third kappa shape index (κ3) is 8.52. The molecule has 3 aromatic rings. The number of benzene rings is 3. The molecule has 14 nitrogen and oxygen atoms in total. The average Bonchev–Trinajstić information content (AvgIpc) is 3.11. The van der Waals surface area contributed by atoms with E-state index < -0.39 is 56.4 Å². The van der Waals surface area contributed by atoms with E-state index in [1.165, 1.54) is 66.9 Å². The molecular weight excluding hydrogens is 632 g/mol. The summed E-state index contributed by atoms with van der Waals surface area (Å²) < 4.78 is 44.4. The summed E-state index contributed by atoms with van der Waals surface area (Å²) >= 11 is 0. The van der Waals surface area contributed by atoms with Crippen LogP contribution in [0.2, 0.25) is 0 Å². The van der Waals surface area contributed by atoms with Gasteiger partial charge in [-0.05, 0) is 65.6 Å². The summed E-state index contributed by atoms with van der Waals surface area (Å²) in [5, 5.41) is 63.0. The fourth-order valence-corrected chi connectivity index (χ4v) is 5.17. The predicted octanol–water partition coefficient (Wildman–Crippen LogP) is 2.03. The van der Waals surface area contributed by atoms with Gasteiger partial charge in [0.05, 0.1) is 55.4 Å². The Morgan fingerprint density at radius 2 is 0.917 bits per heavy atom. The van der Waals surface area contributed by atoms with Gasteiger partial charge in [-0.2, -0.15) is 0 Å². The van der Waals surface area contributed by atoms with Gasteiger partial charge in [0.2, 0.25) is 5.75 Å². The van der Waals surface area contributed by atoms with Crippen molar-refractivity contribution in [2.75, 3.05) is 62.5 Å². The second-order valence-corrected chi connectivity index (χ2v) is 10.7. The summed E-state index contributed by atoms with van der Waals surface area (Å²) in [6.45, 7) is 0.178. The zero-order valence-corrected chi connectivity index (χ0v) is 28.1. The fourth-order valence-electron chi connectivity index (χ4n) is 5.17. The van der Waals surface area contributed by atoms with E-state index in [2.05, 4.69) is 0 Å². The topological polar surface area (TPSA) is 195 Å². The molecule has 48 heavy (non-hydrogen) atoms. The van der Waals surface area contributed by atoms with Gasteiger partial charge < -0.3 is 68.5 Å². The van der Waals surface area contributed by atoms with Gasteiger partial charge in [0.25, 0.3) is 0 Å². The Bertz CT molecular complexity index is 1430. The van der Waals surface area contributed by atoms with Crippen molar-refractivity contribution >= 4 is 0 Å². The van der Waals surface area contributed by atoms with Crippen LogP contribution in [0, 0.1) is 6.92 Å². The normalized spacial score (nSPS) is 15.0. The van der Waals surface area contributed by atoms with Crippen molar-refractivity contribution in [3.05, 3.63) is 64.7 Å². The predicted molar refractivity (Wildman–Crippen MR) is 173 cm³/mol. The first-order valence-corrected chi connectivity index (χ1v) is 14.9. The first kappa shape index (κ1) is 38.4. The molecule has 0 spiro atoms. The molecule has 266 valence electrons. The lowest BCUT2D eigenvalue weighted by atomic mass is 10.0. The minimum atomic E-state index is -1.43. The van der Waals surface area contributed by atoms with E-state index in [0.717, 1.165) is 0 Å². The number of aliphatic hydroxyl groups is 6. The maximum atomic E-state index is 11.3. The SMILES string of the molecule is COc1cc(C(O)C(CO)OC)ccc1OC(CO)C(O)c1cc(OC)c(OC(CO)C(O)c2cc(C)c(OC)c(OC)c2)c(OC)c1. The van der Waals surface area contributed by atoms with E-state index in [4.69, 9.17) is 37.9 Å². The van der Waals surface area contributed by atoms with Gasteiger partial charge in [-0.25, -0.2) is 0 Å². The Kier molecular flexibility index (Phi) is 14.4. The molecule has 0 aliphatic heterocycles. The third-order valence-corrected chi connectivity index (χ3v) is 7.83. The molecule has 3 rings (SSSR count). The van der Waals surface area contributed by atoms with Crippen LogP contribution in [0.25, 0.3) is 0 Å². The molecule has 0 saturated carbocycles. The summed E-state index contributed by atoms with van der Waals surface area (Å²) in [6, 6.07) is 10.7. The molecule has 0 aromatic heterocycles. The monoisotopic (exact) mass is 678 g/mol. The lowest BCUT2D eigenvalue weighted by molar-refractivity contribution is -0.0425. The van der Waals surface area contributed by atoms with E-state index in [0.29, 0.717) is 28.2 Å². The maximum absolute atomic E-state index is 11.3. The third-order valence-electron chi connectivity index (χ3n) is 7.83. The quantitative estimate of drug-likeness (QED) is 0.108. The largest absolute Gasteiger partial charge is 0.493 e. The first-order chi connectivity index (χ1) is 23.0. The van der Waals surface area contributed by atoms with Crippen molar-refractivity contribution in [1.29, 1.82) is 0 Å². The number of hydrogen-bond acceptors (Lipinski definition) is 14. The smallest absolute Gasteiger partial charge is 0.204 e. The molecule has 0 heterocycles. The summed E-state index contributed by atoms with van der Waals surface area (Å²) in [4.78, 5) is 0. The van der Waals surface area contributed by atoms with Crippen molar-refractivity contribution in [2.45, 2.75) is 43.5 Å². The maximum Gasteiger partial charge on any atom is 0.204 e. The van der Waals surface area contributed by atoms with Gasteiger partial charge in [0.15, 0.2) is 46.7 Å². The molecule has 6 unspecified atom stereocenters. The van der Waals surface area contributed by atoms with Crippen LogP contribution in [0.1, 0.15) is 40.6 Å². The van der Waals surface area contributed by atoms with Crippen molar-refractivity contribution < 1.29 is 68.5 Å². The number of rotatable bonds is 19. The van der Waals surface area contributed by atoms with Gasteiger partial charge in [-0.1, -0.05) is 6.07 Å². The van der Waals surface area contributed by atoms with Gasteiger partial charge in [0.1, 0.15) is 24.4 Å².